The summed E-state index contributed by atoms with van der Waals surface area (Å²) in [5, 5.41) is 16.9. The maximum absolute atomic E-state index is 11.8. The number of nitrogens with zero attached hydrogens (tertiary/aromatic N) is 1. The van der Waals surface area contributed by atoms with E-state index < -0.39 is 45.1 Å². The van der Waals surface area contributed by atoms with Crippen molar-refractivity contribution < 1.29 is 37.5 Å². The van der Waals surface area contributed by atoms with Gasteiger partial charge in [-0.05, 0) is 18.4 Å². The number of carbonyl (C=O) groups is 2. The van der Waals surface area contributed by atoms with E-state index >= 15 is 0 Å². The fraction of sp³-hybridized carbons (Fsp3) is 0.857. The summed E-state index contributed by atoms with van der Waals surface area (Å²) in [6.45, 7) is 5.23. The largest absolute Gasteiger partial charge is 0.481 e. The second kappa shape index (κ2) is 8.24. The maximum Gasteiger partial charge on any atom is 0.308 e. The Morgan fingerprint density at radius 2 is 1.75 bits per heavy atom. The van der Waals surface area contributed by atoms with Crippen LogP contribution in [0.3, 0.4) is 0 Å². The lowest BCUT2D eigenvalue weighted by Crippen LogP contribution is -2.47. The van der Waals surface area contributed by atoms with Crippen molar-refractivity contribution >= 4 is 22.1 Å². The summed E-state index contributed by atoms with van der Waals surface area (Å²) in [6, 6.07) is 0. The molecular formula is C14H25NO8S. The van der Waals surface area contributed by atoms with Gasteiger partial charge in [0.2, 0.25) is 0 Å². The SMILES string of the molecule is CC(C)(CC(=O)O)C(C(=O)O)C(CCN1CCOCC1)S(=O)(=O)O. The molecule has 0 aliphatic carbocycles. The molecule has 1 saturated heterocycles. The molecule has 0 spiro atoms. The lowest BCUT2D eigenvalue weighted by atomic mass is 9.73. The molecule has 1 fully saturated rings. The van der Waals surface area contributed by atoms with Gasteiger partial charge in [-0.2, -0.15) is 8.42 Å². The Hall–Kier alpha value is -1.23. The van der Waals surface area contributed by atoms with Crippen LogP contribution in [0, 0.1) is 11.3 Å². The molecule has 1 rings (SSSR count). The minimum Gasteiger partial charge on any atom is -0.481 e. The standard InChI is InChI=1S/C14H25NO8S/c1-14(2,9-11(16)17)12(13(18)19)10(24(20,21)22)3-4-15-5-7-23-8-6-15/h10,12H,3-9H2,1-2H3,(H,16,17)(H,18,19)(H,20,21,22). The van der Waals surface area contributed by atoms with Crippen molar-refractivity contribution in [2.24, 2.45) is 11.3 Å². The van der Waals surface area contributed by atoms with Gasteiger partial charge in [0.25, 0.3) is 10.1 Å². The Morgan fingerprint density at radius 1 is 1.21 bits per heavy atom. The lowest BCUT2D eigenvalue weighted by molar-refractivity contribution is -0.149. The van der Waals surface area contributed by atoms with Crippen LogP contribution >= 0.6 is 0 Å². The van der Waals surface area contributed by atoms with E-state index in [2.05, 4.69) is 0 Å². The predicted molar refractivity (Wildman–Crippen MR) is 84.4 cm³/mol. The molecule has 0 aromatic rings. The van der Waals surface area contributed by atoms with E-state index in [1.807, 2.05) is 4.90 Å². The monoisotopic (exact) mass is 367 g/mol. The molecule has 2 unspecified atom stereocenters. The Balaban J connectivity index is 3.01. The summed E-state index contributed by atoms with van der Waals surface area (Å²) in [5.41, 5.74) is -1.34. The molecule has 24 heavy (non-hydrogen) atoms. The summed E-state index contributed by atoms with van der Waals surface area (Å²) < 4.78 is 38.3. The molecule has 9 nitrogen and oxygen atoms in total. The first-order valence-electron chi connectivity index (χ1n) is 7.66. The highest BCUT2D eigenvalue weighted by atomic mass is 32.2. The number of ether oxygens (including phenoxy) is 1. The van der Waals surface area contributed by atoms with Crippen molar-refractivity contribution in [2.75, 3.05) is 32.8 Å². The fourth-order valence-electron chi connectivity index (χ4n) is 3.12. The molecule has 0 aromatic heterocycles. The van der Waals surface area contributed by atoms with Gasteiger partial charge in [0, 0.05) is 13.1 Å². The van der Waals surface area contributed by atoms with Crippen molar-refractivity contribution in [3.8, 4) is 0 Å². The molecule has 0 aromatic carbocycles. The van der Waals surface area contributed by atoms with Crippen molar-refractivity contribution in [3.05, 3.63) is 0 Å². The molecule has 0 saturated carbocycles. The first-order valence-corrected chi connectivity index (χ1v) is 9.16. The highest BCUT2D eigenvalue weighted by Crippen LogP contribution is 2.37. The zero-order valence-corrected chi connectivity index (χ0v) is 14.7. The average Bonchev–Trinajstić information content (AvgIpc) is 2.40. The minimum absolute atomic E-state index is 0.0984. The Morgan fingerprint density at radius 3 is 2.17 bits per heavy atom. The zero-order chi connectivity index (χ0) is 18.5. The van der Waals surface area contributed by atoms with Crippen molar-refractivity contribution in [3.63, 3.8) is 0 Å². The van der Waals surface area contributed by atoms with Crippen LogP contribution < -0.4 is 0 Å². The van der Waals surface area contributed by atoms with Crippen LogP contribution in [-0.2, 0) is 24.4 Å². The third kappa shape index (κ3) is 6.00. The second-order valence-electron chi connectivity index (χ2n) is 6.67. The van der Waals surface area contributed by atoms with Gasteiger partial charge in [-0.25, -0.2) is 0 Å². The molecule has 1 heterocycles. The summed E-state index contributed by atoms with van der Waals surface area (Å²) >= 11 is 0. The van der Waals surface area contributed by atoms with Gasteiger partial charge in [-0.15, -0.1) is 0 Å². The number of carboxylic acid groups (broad SMARTS) is 2. The van der Waals surface area contributed by atoms with Gasteiger partial charge < -0.3 is 14.9 Å². The Bertz CT molecular complexity index is 553. The zero-order valence-electron chi connectivity index (χ0n) is 13.8. The van der Waals surface area contributed by atoms with Crippen LogP contribution in [0.1, 0.15) is 26.7 Å². The molecule has 0 radical (unpaired) electrons. The molecule has 1 aliphatic rings. The summed E-state index contributed by atoms with van der Waals surface area (Å²) in [5.74, 6) is -4.20. The van der Waals surface area contributed by atoms with Gasteiger partial charge in [0.15, 0.2) is 0 Å². The molecular weight excluding hydrogens is 342 g/mol. The third-order valence-electron chi connectivity index (χ3n) is 4.30. The van der Waals surface area contributed by atoms with Crippen LogP contribution in [0.2, 0.25) is 0 Å². The smallest absolute Gasteiger partial charge is 0.308 e. The van der Waals surface area contributed by atoms with Crippen molar-refractivity contribution in [1.82, 2.24) is 4.90 Å². The number of morpholine rings is 1. The quantitative estimate of drug-likeness (QED) is 0.486. The van der Waals surface area contributed by atoms with E-state index in [0.717, 1.165) is 0 Å². The molecule has 3 N–H and O–H groups in total. The van der Waals surface area contributed by atoms with Gasteiger partial charge in [0.05, 0.1) is 25.6 Å². The maximum atomic E-state index is 11.8. The first-order chi connectivity index (χ1) is 10.9. The molecule has 10 heteroatoms. The van der Waals surface area contributed by atoms with Gasteiger partial charge in [-0.1, -0.05) is 13.8 Å². The summed E-state index contributed by atoms with van der Waals surface area (Å²) in [4.78, 5) is 24.6. The molecule has 0 bridgehead atoms. The van der Waals surface area contributed by atoms with Crippen LogP contribution in [0.15, 0.2) is 0 Å². The number of carboxylic acids is 2. The summed E-state index contributed by atoms with van der Waals surface area (Å²) in [6.07, 6.45) is -0.619. The topological polar surface area (TPSA) is 141 Å². The van der Waals surface area contributed by atoms with E-state index in [4.69, 9.17) is 9.84 Å². The Kier molecular flexibility index (Phi) is 7.14. The predicted octanol–water partition coefficient (Wildman–Crippen LogP) is 0.167. The second-order valence-corrected chi connectivity index (χ2v) is 8.31. The van der Waals surface area contributed by atoms with Gasteiger partial charge in [0.1, 0.15) is 5.25 Å². The average molecular weight is 367 g/mol. The summed E-state index contributed by atoms with van der Waals surface area (Å²) in [7, 11) is -4.66. The van der Waals surface area contributed by atoms with Crippen LogP contribution in [-0.4, -0.2) is 78.1 Å². The minimum atomic E-state index is -4.66. The van der Waals surface area contributed by atoms with Crippen LogP contribution in [0.25, 0.3) is 0 Å². The highest BCUT2D eigenvalue weighted by molar-refractivity contribution is 7.86. The third-order valence-corrected chi connectivity index (χ3v) is 5.58. The molecule has 0 amide bonds. The van der Waals surface area contributed by atoms with E-state index in [0.29, 0.717) is 26.3 Å². The van der Waals surface area contributed by atoms with Crippen LogP contribution in [0.5, 0.6) is 0 Å². The number of rotatable bonds is 9. The van der Waals surface area contributed by atoms with E-state index in [9.17, 15) is 27.7 Å². The van der Waals surface area contributed by atoms with Gasteiger partial charge >= 0.3 is 11.9 Å². The first kappa shape index (κ1) is 20.8. The number of aliphatic carboxylic acids is 2. The molecule has 2 atom stereocenters. The fourth-order valence-corrected chi connectivity index (χ4v) is 4.35. The number of hydrogen-bond acceptors (Lipinski definition) is 6. The van der Waals surface area contributed by atoms with Crippen molar-refractivity contribution in [2.45, 2.75) is 31.9 Å². The lowest BCUT2D eigenvalue weighted by Gasteiger charge is -2.35. The van der Waals surface area contributed by atoms with E-state index in [1.165, 1.54) is 13.8 Å². The molecule has 140 valence electrons. The number of hydrogen-bond donors (Lipinski definition) is 3. The van der Waals surface area contributed by atoms with Gasteiger partial charge in [-0.3, -0.25) is 19.0 Å². The highest BCUT2D eigenvalue weighted by Gasteiger charge is 2.47. The van der Waals surface area contributed by atoms with E-state index in [1.54, 1.807) is 0 Å². The van der Waals surface area contributed by atoms with E-state index in [-0.39, 0.29) is 13.0 Å². The van der Waals surface area contributed by atoms with Crippen molar-refractivity contribution in [1.29, 1.82) is 0 Å². The normalized spacial score (nSPS) is 19.6. The molecule has 1 aliphatic heterocycles. The van der Waals surface area contributed by atoms with Crippen LogP contribution in [0.4, 0.5) is 0 Å². The Labute approximate surface area is 141 Å².